The van der Waals surface area contributed by atoms with E-state index in [2.05, 4.69) is 25.5 Å². The number of rotatable bonds is 4. The highest BCUT2D eigenvalue weighted by atomic mass is 35.5. The van der Waals surface area contributed by atoms with E-state index in [1.54, 1.807) is 10.6 Å². The molecule has 1 aromatic heterocycles. The molecule has 2 bridgehead atoms. The average molecular weight is 478 g/mol. The number of carbonyl (C=O) groups is 1. The number of amides is 1. The van der Waals surface area contributed by atoms with Crippen LogP contribution in [0.5, 0.6) is 0 Å². The molecule has 0 unspecified atom stereocenters. The molecule has 7 nitrogen and oxygen atoms in total. The van der Waals surface area contributed by atoms with Crippen LogP contribution in [0, 0.1) is 11.3 Å². The Morgan fingerprint density at radius 3 is 2.44 bits per heavy atom. The Morgan fingerprint density at radius 1 is 1.09 bits per heavy atom. The van der Waals surface area contributed by atoms with E-state index in [9.17, 15) is 18.0 Å². The number of hydrogen-bond donors (Lipinski definition) is 1. The summed E-state index contributed by atoms with van der Waals surface area (Å²) in [5, 5.41) is 0.430. The smallest absolute Gasteiger partial charge is 0.275 e. The van der Waals surface area contributed by atoms with Gasteiger partial charge in [0.1, 0.15) is 5.69 Å². The van der Waals surface area contributed by atoms with Crippen molar-refractivity contribution in [2.75, 3.05) is 17.8 Å². The summed E-state index contributed by atoms with van der Waals surface area (Å²) in [7, 11) is -3.91. The van der Waals surface area contributed by atoms with Gasteiger partial charge in [-0.25, -0.2) is 8.42 Å². The Hall–Kier alpha value is -2.32. The quantitative estimate of drug-likeness (QED) is 0.727. The number of nitrogens with one attached hydrogen (secondary N) is 1. The number of halogens is 1. The van der Waals surface area contributed by atoms with Gasteiger partial charge < -0.3 is 9.47 Å². The van der Waals surface area contributed by atoms with Gasteiger partial charge in [0.15, 0.2) is 0 Å². The van der Waals surface area contributed by atoms with Gasteiger partial charge in [0, 0.05) is 42.7 Å². The minimum absolute atomic E-state index is 0.0179. The lowest BCUT2D eigenvalue weighted by atomic mass is 9.82. The van der Waals surface area contributed by atoms with Crippen molar-refractivity contribution in [2.45, 2.75) is 51.0 Å². The fourth-order valence-electron chi connectivity index (χ4n) is 4.61. The SMILES string of the molecule is CC(C)(C)CC(=O)N1C[C@@H]2C[C@H](C1)c1ccc(NS(=O)(=O)c3ccc(Cl)cc3)c(=O)n1C2. The number of likely N-dealkylation sites (tertiary alicyclic amines) is 1. The molecular weight excluding hydrogens is 450 g/mol. The largest absolute Gasteiger partial charge is 0.342 e. The van der Waals surface area contributed by atoms with Gasteiger partial charge in [-0.3, -0.25) is 14.3 Å². The Labute approximate surface area is 193 Å². The van der Waals surface area contributed by atoms with Crippen molar-refractivity contribution >= 4 is 33.2 Å². The van der Waals surface area contributed by atoms with E-state index in [-0.39, 0.29) is 39.3 Å². The van der Waals surface area contributed by atoms with E-state index in [4.69, 9.17) is 11.6 Å². The zero-order valence-corrected chi connectivity index (χ0v) is 20.0. The van der Waals surface area contributed by atoms with Gasteiger partial charge in [-0.1, -0.05) is 32.4 Å². The summed E-state index contributed by atoms with van der Waals surface area (Å²) in [5.74, 6) is 0.391. The summed E-state index contributed by atoms with van der Waals surface area (Å²) in [5.41, 5.74) is 0.441. The van der Waals surface area contributed by atoms with Gasteiger partial charge in [-0.2, -0.15) is 0 Å². The third kappa shape index (κ3) is 4.71. The van der Waals surface area contributed by atoms with Crippen molar-refractivity contribution in [1.29, 1.82) is 0 Å². The standard InChI is InChI=1S/C23H28ClN3O4S/c1-23(2,3)11-21(28)26-12-15-10-16(14-26)20-9-8-19(22(29)27(20)13-15)25-32(30,31)18-6-4-17(24)5-7-18/h4-9,15-16,25H,10-14H2,1-3H3/t15-,16+/m0/s1. The number of piperidine rings is 1. The first-order chi connectivity index (χ1) is 14.9. The number of fused-ring (bicyclic) bond motifs is 4. The van der Waals surface area contributed by atoms with Crippen LogP contribution in [0.2, 0.25) is 5.02 Å². The van der Waals surface area contributed by atoms with E-state index < -0.39 is 10.0 Å². The molecule has 172 valence electrons. The molecule has 9 heteroatoms. The molecule has 3 heterocycles. The van der Waals surface area contributed by atoms with Gasteiger partial charge in [-0.05, 0) is 54.2 Å². The van der Waals surface area contributed by atoms with Crippen molar-refractivity contribution in [2.24, 2.45) is 11.3 Å². The highest BCUT2D eigenvalue weighted by Crippen LogP contribution is 2.36. The lowest BCUT2D eigenvalue weighted by Crippen LogP contribution is -2.49. The molecule has 4 rings (SSSR count). The van der Waals surface area contributed by atoms with E-state index in [0.29, 0.717) is 31.1 Å². The fourth-order valence-corrected chi connectivity index (χ4v) is 5.79. The van der Waals surface area contributed by atoms with Crippen molar-refractivity contribution < 1.29 is 13.2 Å². The van der Waals surface area contributed by atoms with Crippen LogP contribution >= 0.6 is 11.6 Å². The van der Waals surface area contributed by atoms with Crippen LogP contribution in [0.1, 0.15) is 45.2 Å². The predicted octanol–water partition coefficient (Wildman–Crippen LogP) is 3.68. The molecular formula is C23H28ClN3O4S. The van der Waals surface area contributed by atoms with Gasteiger partial charge >= 0.3 is 0 Å². The Kier molecular flexibility index (Phi) is 5.88. The number of aromatic nitrogens is 1. The molecule has 2 aromatic rings. The van der Waals surface area contributed by atoms with Gasteiger partial charge in [0.2, 0.25) is 5.91 Å². The summed E-state index contributed by atoms with van der Waals surface area (Å²) < 4.78 is 29.5. The van der Waals surface area contributed by atoms with Crippen LogP contribution in [0.4, 0.5) is 5.69 Å². The van der Waals surface area contributed by atoms with Crippen LogP contribution in [0.3, 0.4) is 0 Å². The maximum atomic E-state index is 13.1. The number of carbonyl (C=O) groups excluding carboxylic acids is 1. The van der Waals surface area contributed by atoms with Crippen LogP contribution in [-0.4, -0.2) is 36.9 Å². The topological polar surface area (TPSA) is 88.5 Å². The molecule has 0 radical (unpaired) electrons. The third-order valence-corrected chi connectivity index (χ3v) is 7.64. The predicted molar refractivity (Wildman–Crippen MR) is 124 cm³/mol. The fraction of sp³-hybridized carbons (Fsp3) is 0.478. The maximum Gasteiger partial charge on any atom is 0.275 e. The number of sulfonamides is 1. The van der Waals surface area contributed by atoms with Gasteiger partial charge in [0.05, 0.1) is 4.90 Å². The van der Waals surface area contributed by atoms with Gasteiger partial charge in [0.25, 0.3) is 15.6 Å². The number of nitrogens with zero attached hydrogens (tertiary/aromatic N) is 2. The molecule has 2 aliphatic rings. The lowest BCUT2D eigenvalue weighted by molar-refractivity contribution is -0.135. The average Bonchev–Trinajstić information content (AvgIpc) is 2.69. The third-order valence-electron chi connectivity index (χ3n) is 6.01. The monoisotopic (exact) mass is 477 g/mol. The summed E-state index contributed by atoms with van der Waals surface area (Å²) in [6.07, 6.45) is 1.42. The second-order valence-corrected chi connectivity index (χ2v) is 12.1. The molecule has 2 aliphatic heterocycles. The van der Waals surface area contributed by atoms with Crippen LogP contribution < -0.4 is 10.3 Å². The van der Waals surface area contributed by atoms with Crippen molar-refractivity contribution in [3.8, 4) is 0 Å². The van der Waals surface area contributed by atoms with E-state index >= 15 is 0 Å². The summed E-state index contributed by atoms with van der Waals surface area (Å²) >= 11 is 5.84. The number of hydrogen-bond acceptors (Lipinski definition) is 4. The normalized spacial score (nSPS) is 20.6. The summed E-state index contributed by atoms with van der Waals surface area (Å²) in [6.45, 7) is 7.84. The van der Waals surface area contributed by atoms with E-state index in [1.807, 2.05) is 4.90 Å². The first-order valence-electron chi connectivity index (χ1n) is 10.7. The number of anilines is 1. The van der Waals surface area contributed by atoms with Crippen LogP contribution in [0.25, 0.3) is 0 Å². The molecule has 1 saturated heterocycles. The molecule has 0 spiro atoms. The molecule has 1 amide bonds. The van der Waals surface area contributed by atoms with Gasteiger partial charge in [-0.15, -0.1) is 0 Å². The summed E-state index contributed by atoms with van der Waals surface area (Å²) in [4.78, 5) is 27.9. The molecule has 0 aliphatic carbocycles. The van der Waals surface area contributed by atoms with E-state index in [0.717, 1.165) is 12.1 Å². The van der Waals surface area contributed by atoms with Crippen molar-refractivity contribution in [3.05, 3.63) is 57.5 Å². The highest BCUT2D eigenvalue weighted by Gasteiger charge is 2.37. The Balaban J connectivity index is 1.58. The number of benzene rings is 1. The highest BCUT2D eigenvalue weighted by molar-refractivity contribution is 7.92. The molecule has 1 fully saturated rings. The minimum atomic E-state index is -3.91. The molecule has 2 atom stereocenters. The van der Waals surface area contributed by atoms with Crippen LogP contribution in [-0.2, 0) is 21.4 Å². The lowest BCUT2D eigenvalue weighted by Gasteiger charge is -2.43. The minimum Gasteiger partial charge on any atom is -0.342 e. The molecule has 0 saturated carbocycles. The first kappa shape index (κ1) is 22.9. The van der Waals surface area contributed by atoms with Crippen molar-refractivity contribution in [1.82, 2.24) is 9.47 Å². The Bertz CT molecular complexity index is 1200. The maximum absolute atomic E-state index is 13.1. The second-order valence-electron chi connectivity index (χ2n) is 9.98. The first-order valence-corrected chi connectivity index (χ1v) is 12.6. The molecule has 1 aromatic carbocycles. The van der Waals surface area contributed by atoms with Crippen LogP contribution in [0.15, 0.2) is 46.1 Å². The zero-order valence-electron chi connectivity index (χ0n) is 18.5. The number of pyridine rings is 1. The Morgan fingerprint density at radius 2 is 1.78 bits per heavy atom. The summed E-state index contributed by atoms with van der Waals surface area (Å²) in [6, 6.07) is 9.10. The van der Waals surface area contributed by atoms with E-state index in [1.165, 1.54) is 30.3 Å². The zero-order chi connectivity index (χ0) is 23.3. The molecule has 32 heavy (non-hydrogen) atoms. The van der Waals surface area contributed by atoms with Crippen molar-refractivity contribution in [3.63, 3.8) is 0 Å². The molecule has 1 N–H and O–H groups in total. The second kappa shape index (κ2) is 8.23.